The summed E-state index contributed by atoms with van der Waals surface area (Å²) >= 11 is 0. The molecule has 1 aromatic carbocycles. The zero-order valence-electron chi connectivity index (χ0n) is 18.0. The molecule has 0 unspecified atom stereocenters. The van der Waals surface area contributed by atoms with Crippen LogP contribution in [0.25, 0.3) is 11.1 Å². The number of hydrogen-bond acceptors (Lipinski definition) is 5. The molecule has 0 saturated carbocycles. The fourth-order valence-corrected chi connectivity index (χ4v) is 3.87. The Labute approximate surface area is 189 Å². The Balaban J connectivity index is 1.57. The number of benzene rings is 1. The number of nitrogens with one attached hydrogen (secondary N) is 1. The summed E-state index contributed by atoms with van der Waals surface area (Å²) < 4.78 is 40.8. The molecular formula is C24H23F3N4O2. The highest BCUT2D eigenvalue weighted by Crippen LogP contribution is 2.33. The van der Waals surface area contributed by atoms with Gasteiger partial charge in [-0.3, -0.25) is 9.78 Å². The van der Waals surface area contributed by atoms with E-state index in [-0.39, 0.29) is 5.75 Å². The monoisotopic (exact) mass is 456 g/mol. The third-order valence-corrected chi connectivity index (χ3v) is 5.61. The molecule has 0 bridgehead atoms. The molecule has 1 aliphatic rings. The average Bonchev–Trinajstić information content (AvgIpc) is 3.29. The summed E-state index contributed by atoms with van der Waals surface area (Å²) in [6, 6.07) is 10.5. The first-order valence-corrected chi connectivity index (χ1v) is 10.6. The Morgan fingerprint density at radius 1 is 1.21 bits per heavy atom. The Kier molecular flexibility index (Phi) is 6.48. The van der Waals surface area contributed by atoms with Crippen molar-refractivity contribution in [2.45, 2.75) is 26.1 Å². The minimum Gasteiger partial charge on any atom is -0.406 e. The number of halogens is 3. The van der Waals surface area contributed by atoms with Gasteiger partial charge < -0.3 is 15.0 Å². The molecule has 2 aromatic heterocycles. The van der Waals surface area contributed by atoms with E-state index in [1.54, 1.807) is 18.5 Å². The quantitative estimate of drug-likeness (QED) is 0.528. The highest BCUT2D eigenvalue weighted by atomic mass is 19.4. The Bertz CT molecular complexity index is 1100. The van der Waals surface area contributed by atoms with Gasteiger partial charge in [0.15, 0.2) is 0 Å². The molecule has 4 rings (SSSR count). The molecule has 1 saturated heterocycles. The van der Waals surface area contributed by atoms with Crippen LogP contribution in [-0.4, -0.2) is 35.3 Å². The summed E-state index contributed by atoms with van der Waals surface area (Å²) in [6.45, 7) is 3.99. The maximum absolute atomic E-state index is 12.9. The van der Waals surface area contributed by atoms with E-state index in [0.29, 0.717) is 17.2 Å². The third kappa shape index (κ3) is 5.60. The Morgan fingerprint density at radius 2 is 2.00 bits per heavy atom. The van der Waals surface area contributed by atoms with E-state index in [9.17, 15) is 18.0 Å². The molecule has 1 amide bonds. The van der Waals surface area contributed by atoms with Crippen molar-refractivity contribution in [3.05, 3.63) is 66.6 Å². The van der Waals surface area contributed by atoms with Gasteiger partial charge in [0, 0.05) is 48.5 Å². The molecule has 0 spiro atoms. The number of carbonyl (C=O) groups excluding carboxylic acids is 1. The predicted molar refractivity (Wildman–Crippen MR) is 119 cm³/mol. The van der Waals surface area contributed by atoms with Crippen molar-refractivity contribution < 1.29 is 22.7 Å². The van der Waals surface area contributed by atoms with Crippen molar-refractivity contribution in [2.75, 3.05) is 23.3 Å². The summed E-state index contributed by atoms with van der Waals surface area (Å²) in [4.78, 5) is 23.9. The van der Waals surface area contributed by atoms with Gasteiger partial charge in [-0.25, -0.2) is 4.98 Å². The molecule has 33 heavy (non-hydrogen) atoms. The van der Waals surface area contributed by atoms with E-state index in [1.807, 2.05) is 12.1 Å². The first kappa shape index (κ1) is 22.6. The fraction of sp³-hybridized carbons (Fsp3) is 0.292. The van der Waals surface area contributed by atoms with Gasteiger partial charge in [-0.1, -0.05) is 19.4 Å². The molecule has 1 fully saturated rings. The van der Waals surface area contributed by atoms with Crippen LogP contribution in [0.3, 0.4) is 0 Å². The van der Waals surface area contributed by atoms with E-state index in [2.05, 4.69) is 31.8 Å². The van der Waals surface area contributed by atoms with E-state index in [0.717, 1.165) is 55.0 Å². The van der Waals surface area contributed by atoms with Crippen LogP contribution in [0.5, 0.6) is 5.75 Å². The number of alkyl halides is 3. The van der Waals surface area contributed by atoms with Crippen molar-refractivity contribution in [3.8, 4) is 16.9 Å². The third-order valence-electron chi connectivity index (χ3n) is 5.61. The highest BCUT2D eigenvalue weighted by molar-refractivity contribution is 6.05. The number of carbonyl (C=O) groups is 1. The molecule has 3 heterocycles. The molecule has 9 heteroatoms. The number of ether oxygens (including phenoxy) is 1. The molecule has 6 nitrogen and oxygen atoms in total. The highest BCUT2D eigenvalue weighted by Gasteiger charge is 2.31. The summed E-state index contributed by atoms with van der Waals surface area (Å²) in [5.74, 6) is 0.642. The lowest BCUT2D eigenvalue weighted by Crippen LogP contribution is -2.22. The number of anilines is 2. The predicted octanol–water partition coefficient (Wildman–Crippen LogP) is 5.53. The summed E-state index contributed by atoms with van der Waals surface area (Å²) in [5.41, 5.74) is 2.33. The zero-order valence-corrected chi connectivity index (χ0v) is 18.0. The lowest BCUT2D eigenvalue weighted by atomic mass is 10.1. The molecule has 0 aliphatic carbocycles. The van der Waals surface area contributed by atoms with E-state index >= 15 is 0 Å². The summed E-state index contributed by atoms with van der Waals surface area (Å²) in [7, 11) is 0. The van der Waals surface area contributed by atoms with Crippen LogP contribution >= 0.6 is 0 Å². The summed E-state index contributed by atoms with van der Waals surface area (Å²) in [5, 5.41) is 2.69. The second-order valence-corrected chi connectivity index (χ2v) is 7.87. The van der Waals surface area contributed by atoms with Gasteiger partial charge in [-0.05, 0) is 48.7 Å². The zero-order chi connectivity index (χ0) is 23.4. The number of amides is 1. The fourth-order valence-electron chi connectivity index (χ4n) is 3.87. The topological polar surface area (TPSA) is 67.4 Å². The van der Waals surface area contributed by atoms with Crippen molar-refractivity contribution in [1.82, 2.24) is 9.97 Å². The lowest BCUT2D eigenvalue weighted by molar-refractivity contribution is -0.274. The van der Waals surface area contributed by atoms with Gasteiger partial charge in [0.25, 0.3) is 5.91 Å². The van der Waals surface area contributed by atoms with E-state index < -0.39 is 12.3 Å². The van der Waals surface area contributed by atoms with E-state index in [4.69, 9.17) is 0 Å². The van der Waals surface area contributed by atoms with Crippen LogP contribution in [0.4, 0.5) is 24.7 Å². The summed E-state index contributed by atoms with van der Waals surface area (Å²) in [6.07, 6.45) is 2.36. The van der Waals surface area contributed by atoms with Crippen molar-refractivity contribution in [2.24, 2.45) is 5.92 Å². The first-order valence-electron chi connectivity index (χ1n) is 10.6. The standard InChI is InChI=1S/C24H23F3N4O2/c1-2-16-9-11-31(15-16)22-21(17-4-3-10-28-13-17)12-18(14-29-22)23(32)30-19-5-7-20(8-6-19)33-24(25,26)27/h3-8,10,12-14,16H,2,9,11,15H2,1H3,(H,30,32)/t16-/m1/s1. The lowest BCUT2D eigenvalue weighted by Gasteiger charge is -2.21. The van der Waals surface area contributed by atoms with Gasteiger partial charge in [0.05, 0.1) is 5.56 Å². The normalized spacial score (nSPS) is 16.0. The Hall–Kier alpha value is -3.62. The Morgan fingerprint density at radius 3 is 2.64 bits per heavy atom. The molecule has 1 N–H and O–H groups in total. The molecule has 172 valence electrons. The SMILES string of the molecule is CC[C@@H]1CCN(c2ncc(C(=O)Nc3ccc(OC(F)(F)F)cc3)cc2-c2cccnc2)C1. The molecule has 0 radical (unpaired) electrons. The van der Waals surface area contributed by atoms with E-state index in [1.165, 1.54) is 18.3 Å². The maximum Gasteiger partial charge on any atom is 0.573 e. The van der Waals surface area contributed by atoms with Gasteiger partial charge in [0.2, 0.25) is 0 Å². The van der Waals surface area contributed by atoms with Gasteiger partial charge in [-0.15, -0.1) is 13.2 Å². The molecule has 1 atom stereocenters. The number of nitrogens with zero attached hydrogens (tertiary/aromatic N) is 3. The van der Waals surface area contributed by atoms with Crippen LogP contribution in [0, 0.1) is 5.92 Å². The smallest absolute Gasteiger partial charge is 0.406 e. The maximum atomic E-state index is 12.9. The van der Waals surface area contributed by atoms with Crippen molar-refractivity contribution in [1.29, 1.82) is 0 Å². The minimum atomic E-state index is -4.77. The van der Waals surface area contributed by atoms with Crippen LogP contribution < -0.4 is 15.0 Å². The number of rotatable bonds is 6. The second-order valence-electron chi connectivity index (χ2n) is 7.87. The molecule has 3 aromatic rings. The van der Waals surface area contributed by atoms with Gasteiger partial charge in [0.1, 0.15) is 11.6 Å². The van der Waals surface area contributed by atoms with Crippen LogP contribution in [0.15, 0.2) is 61.1 Å². The number of hydrogen-bond donors (Lipinski definition) is 1. The largest absolute Gasteiger partial charge is 0.573 e. The van der Waals surface area contributed by atoms with Crippen LogP contribution in [0.1, 0.15) is 30.1 Å². The number of pyridine rings is 2. The number of aromatic nitrogens is 2. The van der Waals surface area contributed by atoms with Crippen molar-refractivity contribution in [3.63, 3.8) is 0 Å². The molecular weight excluding hydrogens is 433 g/mol. The van der Waals surface area contributed by atoms with Crippen LogP contribution in [-0.2, 0) is 0 Å². The van der Waals surface area contributed by atoms with Crippen LogP contribution in [0.2, 0.25) is 0 Å². The molecule has 1 aliphatic heterocycles. The first-order chi connectivity index (χ1) is 15.8. The van der Waals surface area contributed by atoms with Gasteiger partial charge >= 0.3 is 6.36 Å². The average molecular weight is 456 g/mol. The van der Waals surface area contributed by atoms with Crippen molar-refractivity contribution >= 4 is 17.4 Å². The minimum absolute atomic E-state index is 0.333. The second kappa shape index (κ2) is 9.48. The van der Waals surface area contributed by atoms with Gasteiger partial charge in [-0.2, -0.15) is 0 Å².